The molecule has 2 aromatic rings. The van der Waals surface area contributed by atoms with E-state index in [2.05, 4.69) is 12.6 Å². The zero-order chi connectivity index (χ0) is 13.8. The molecule has 2 nitrogen and oxygen atoms in total. The van der Waals surface area contributed by atoms with Gasteiger partial charge in [0.25, 0.3) is 0 Å². The summed E-state index contributed by atoms with van der Waals surface area (Å²) in [7, 11) is 0. The fourth-order valence-electron chi connectivity index (χ4n) is 1.79. The Morgan fingerprint density at radius 3 is 2.42 bits per heavy atom. The summed E-state index contributed by atoms with van der Waals surface area (Å²) in [5.41, 5.74) is 1.21. The number of ether oxygens (including phenoxy) is 1. The zero-order valence-corrected chi connectivity index (χ0v) is 11.9. The summed E-state index contributed by atoms with van der Waals surface area (Å²) in [6.07, 6.45) is 0.0745. The van der Waals surface area contributed by atoms with Gasteiger partial charge in [0.2, 0.25) is 0 Å². The van der Waals surface area contributed by atoms with Gasteiger partial charge in [0, 0.05) is 16.0 Å². The number of carbonyl (C=O) groups is 1. The van der Waals surface area contributed by atoms with Gasteiger partial charge in [0.15, 0.2) is 5.78 Å². The van der Waals surface area contributed by atoms with Crippen molar-refractivity contribution in [3.05, 3.63) is 59.7 Å². The number of carbonyl (C=O) groups excluding carboxylic acids is 1. The first-order valence-electron chi connectivity index (χ1n) is 6.17. The average molecular weight is 272 g/mol. The highest BCUT2D eigenvalue weighted by Crippen LogP contribution is 2.24. The molecule has 0 aliphatic rings. The van der Waals surface area contributed by atoms with Crippen LogP contribution in [-0.2, 0) is 0 Å². The van der Waals surface area contributed by atoms with Gasteiger partial charge in [-0.3, -0.25) is 4.79 Å². The monoisotopic (exact) mass is 272 g/mol. The summed E-state index contributed by atoms with van der Waals surface area (Å²) in [5.74, 6) is 0.645. The molecule has 2 rings (SSSR count). The molecule has 0 fully saturated rings. The quantitative estimate of drug-likeness (QED) is 0.672. The lowest BCUT2D eigenvalue weighted by molar-refractivity contribution is 0.103. The predicted octanol–water partition coefficient (Wildman–Crippen LogP) is 3.99. The lowest BCUT2D eigenvalue weighted by Crippen LogP contribution is -2.07. The third-order valence-electron chi connectivity index (χ3n) is 2.62. The normalized spacial score (nSPS) is 10.5. The fraction of sp³-hybridized carbons (Fsp3) is 0.188. The Morgan fingerprint density at radius 2 is 1.79 bits per heavy atom. The van der Waals surface area contributed by atoms with Crippen LogP contribution in [-0.4, -0.2) is 11.9 Å². The Bertz CT molecular complexity index is 577. The molecular formula is C16H16O2S. The van der Waals surface area contributed by atoms with Crippen molar-refractivity contribution in [2.45, 2.75) is 24.8 Å². The number of hydrogen-bond donors (Lipinski definition) is 1. The number of rotatable bonds is 4. The lowest BCUT2D eigenvalue weighted by atomic mass is 10.0. The van der Waals surface area contributed by atoms with Crippen molar-refractivity contribution < 1.29 is 9.53 Å². The second-order valence-corrected chi connectivity index (χ2v) is 5.02. The Balaban J connectivity index is 2.36. The molecule has 0 heterocycles. The molecular weight excluding hydrogens is 256 g/mol. The second-order valence-electron chi connectivity index (χ2n) is 4.54. The molecule has 0 aliphatic carbocycles. The zero-order valence-electron chi connectivity index (χ0n) is 11.0. The van der Waals surface area contributed by atoms with Crippen molar-refractivity contribution in [3.8, 4) is 5.75 Å². The van der Waals surface area contributed by atoms with Gasteiger partial charge >= 0.3 is 0 Å². The summed E-state index contributed by atoms with van der Waals surface area (Å²) >= 11 is 4.35. The Hall–Kier alpha value is -1.74. The van der Waals surface area contributed by atoms with Crippen LogP contribution in [0.5, 0.6) is 5.75 Å². The minimum absolute atomic E-state index is 0.0418. The van der Waals surface area contributed by atoms with E-state index in [0.29, 0.717) is 21.8 Å². The van der Waals surface area contributed by atoms with Gasteiger partial charge in [0.05, 0.1) is 6.10 Å². The smallest absolute Gasteiger partial charge is 0.194 e. The van der Waals surface area contributed by atoms with Crippen LogP contribution < -0.4 is 4.74 Å². The third-order valence-corrected chi connectivity index (χ3v) is 3.01. The van der Waals surface area contributed by atoms with Crippen molar-refractivity contribution >= 4 is 18.4 Å². The second kappa shape index (κ2) is 5.93. The standard InChI is InChI=1S/C16H16O2S/c1-11(2)18-13-8-9-15(19)14(10-13)16(17)12-6-4-3-5-7-12/h3-11,19H,1-2H3. The SMILES string of the molecule is CC(C)Oc1ccc(S)c(C(=O)c2ccccc2)c1. The van der Waals surface area contributed by atoms with E-state index >= 15 is 0 Å². The molecule has 0 N–H and O–H groups in total. The van der Waals surface area contributed by atoms with E-state index in [9.17, 15) is 4.79 Å². The molecule has 0 saturated carbocycles. The molecule has 0 aromatic heterocycles. The van der Waals surface area contributed by atoms with Gasteiger partial charge in [-0.15, -0.1) is 12.6 Å². The van der Waals surface area contributed by atoms with E-state index in [1.54, 1.807) is 24.3 Å². The van der Waals surface area contributed by atoms with Gasteiger partial charge in [-0.1, -0.05) is 30.3 Å². The maximum absolute atomic E-state index is 12.4. The van der Waals surface area contributed by atoms with Gasteiger partial charge in [-0.25, -0.2) is 0 Å². The highest BCUT2D eigenvalue weighted by molar-refractivity contribution is 7.80. The molecule has 0 spiro atoms. The molecule has 0 unspecified atom stereocenters. The van der Waals surface area contributed by atoms with Crippen molar-refractivity contribution in [1.82, 2.24) is 0 Å². The van der Waals surface area contributed by atoms with E-state index in [1.165, 1.54) is 0 Å². The fourth-order valence-corrected chi connectivity index (χ4v) is 2.03. The summed E-state index contributed by atoms with van der Waals surface area (Å²) in [6, 6.07) is 14.5. The molecule has 0 saturated heterocycles. The largest absolute Gasteiger partial charge is 0.491 e. The van der Waals surface area contributed by atoms with Crippen LogP contribution in [0.25, 0.3) is 0 Å². The van der Waals surface area contributed by atoms with Crippen molar-refractivity contribution in [1.29, 1.82) is 0 Å². The maximum Gasteiger partial charge on any atom is 0.194 e. The summed E-state index contributed by atoms with van der Waals surface area (Å²) in [4.78, 5) is 13.1. The Morgan fingerprint density at radius 1 is 1.11 bits per heavy atom. The average Bonchev–Trinajstić information content (AvgIpc) is 2.40. The van der Waals surface area contributed by atoms with Crippen molar-refractivity contribution in [2.24, 2.45) is 0 Å². The van der Waals surface area contributed by atoms with Gasteiger partial charge in [-0.05, 0) is 32.0 Å². The minimum atomic E-state index is -0.0418. The Kier molecular flexibility index (Phi) is 4.27. The van der Waals surface area contributed by atoms with Crippen molar-refractivity contribution in [2.75, 3.05) is 0 Å². The lowest BCUT2D eigenvalue weighted by Gasteiger charge is -2.12. The van der Waals surface area contributed by atoms with E-state index in [1.807, 2.05) is 38.1 Å². The number of benzene rings is 2. The molecule has 0 atom stereocenters. The van der Waals surface area contributed by atoms with Crippen LogP contribution in [0.4, 0.5) is 0 Å². The van der Waals surface area contributed by atoms with Crippen LogP contribution in [0, 0.1) is 0 Å². The molecule has 19 heavy (non-hydrogen) atoms. The minimum Gasteiger partial charge on any atom is -0.491 e. The molecule has 0 bridgehead atoms. The van der Waals surface area contributed by atoms with Gasteiger partial charge in [0.1, 0.15) is 5.75 Å². The molecule has 3 heteroatoms. The van der Waals surface area contributed by atoms with Crippen LogP contribution in [0.2, 0.25) is 0 Å². The third kappa shape index (κ3) is 3.38. The predicted molar refractivity (Wildman–Crippen MR) is 79.3 cm³/mol. The van der Waals surface area contributed by atoms with Crippen molar-refractivity contribution in [3.63, 3.8) is 0 Å². The number of ketones is 1. The summed E-state index contributed by atoms with van der Waals surface area (Å²) < 4.78 is 5.61. The summed E-state index contributed by atoms with van der Waals surface area (Å²) in [5, 5.41) is 0. The van der Waals surface area contributed by atoms with Gasteiger partial charge in [-0.2, -0.15) is 0 Å². The highest BCUT2D eigenvalue weighted by Gasteiger charge is 2.13. The topological polar surface area (TPSA) is 26.3 Å². The van der Waals surface area contributed by atoms with Gasteiger partial charge < -0.3 is 4.74 Å². The molecule has 2 aromatic carbocycles. The molecule has 0 aliphatic heterocycles. The molecule has 0 amide bonds. The van der Waals surface area contributed by atoms with E-state index in [-0.39, 0.29) is 11.9 Å². The molecule has 0 radical (unpaired) electrons. The number of thiol groups is 1. The molecule has 98 valence electrons. The first-order valence-corrected chi connectivity index (χ1v) is 6.62. The first-order chi connectivity index (χ1) is 9.08. The summed E-state index contributed by atoms with van der Waals surface area (Å²) in [6.45, 7) is 3.90. The first kappa shape index (κ1) is 13.7. The van der Waals surface area contributed by atoms with Crippen LogP contribution in [0.1, 0.15) is 29.8 Å². The van der Waals surface area contributed by atoms with E-state index in [0.717, 1.165) is 0 Å². The van der Waals surface area contributed by atoms with Crippen LogP contribution in [0.3, 0.4) is 0 Å². The van der Waals surface area contributed by atoms with Crippen LogP contribution in [0.15, 0.2) is 53.4 Å². The number of hydrogen-bond acceptors (Lipinski definition) is 3. The Labute approximate surface area is 118 Å². The maximum atomic E-state index is 12.4. The van der Waals surface area contributed by atoms with Crippen LogP contribution >= 0.6 is 12.6 Å². The van der Waals surface area contributed by atoms with E-state index < -0.39 is 0 Å². The van der Waals surface area contributed by atoms with E-state index in [4.69, 9.17) is 4.74 Å². The highest BCUT2D eigenvalue weighted by atomic mass is 32.1.